The van der Waals surface area contributed by atoms with Crippen LogP contribution in [0.25, 0.3) is 10.2 Å². The van der Waals surface area contributed by atoms with Crippen LogP contribution < -0.4 is 10.6 Å². The first-order chi connectivity index (χ1) is 11.9. The summed E-state index contributed by atoms with van der Waals surface area (Å²) in [5.74, 6) is -0.584. The van der Waals surface area contributed by atoms with Crippen LogP contribution in [0.15, 0.2) is 18.2 Å². The standard InChI is InChI=1S/C17H18N4O3S/c1-9-3-6-11-12(7-9)25-15(18-11)19-13(22)8-21-14(23)17(2,10-4-5-10)20-16(21)24/h3,6-7,10H,4-5,8H2,1-2H3,(H,20,24)(H,18,19,22). The number of urea groups is 1. The Balaban J connectivity index is 1.46. The molecular formula is C17H18N4O3S. The maximum atomic E-state index is 12.5. The minimum atomic E-state index is -0.870. The van der Waals surface area contributed by atoms with Crippen molar-refractivity contribution in [2.45, 2.75) is 32.2 Å². The van der Waals surface area contributed by atoms with Crippen LogP contribution in [0.2, 0.25) is 0 Å². The highest BCUT2D eigenvalue weighted by Crippen LogP contribution is 2.42. The molecule has 130 valence electrons. The zero-order chi connectivity index (χ0) is 17.8. The molecule has 1 aromatic carbocycles. The van der Waals surface area contributed by atoms with Gasteiger partial charge in [0.1, 0.15) is 12.1 Å². The van der Waals surface area contributed by atoms with Gasteiger partial charge in [-0.1, -0.05) is 17.4 Å². The Labute approximate surface area is 148 Å². The van der Waals surface area contributed by atoms with Gasteiger partial charge in [-0.25, -0.2) is 9.78 Å². The number of nitrogens with zero attached hydrogens (tertiary/aromatic N) is 2. The predicted molar refractivity (Wildman–Crippen MR) is 94.4 cm³/mol. The van der Waals surface area contributed by atoms with Gasteiger partial charge in [-0.15, -0.1) is 0 Å². The van der Waals surface area contributed by atoms with Gasteiger partial charge in [-0.2, -0.15) is 0 Å². The van der Waals surface area contributed by atoms with E-state index in [2.05, 4.69) is 15.6 Å². The van der Waals surface area contributed by atoms with E-state index in [-0.39, 0.29) is 18.4 Å². The van der Waals surface area contributed by atoms with E-state index in [1.807, 2.05) is 25.1 Å². The third-order valence-corrected chi connectivity index (χ3v) is 5.72. The number of imide groups is 1. The number of anilines is 1. The molecule has 1 aliphatic carbocycles. The smallest absolute Gasteiger partial charge is 0.323 e. The molecule has 1 atom stereocenters. The van der Waals surface area contributed by atoms with Crippen LogP contribution in [0.1, 0.15) is 25.3 Å². The molecule has 2 aromatic rings. The summed E-state index contributed by atoms with van der Waals surface area (Å²) >= 11 is 1.37. The molecular weight excluding hydrogens is 340 g/mol. The summed E-state index contributed by atoms with van der Waals surface area (Å²) in [6, 6.07) is 5.35. The van der Waals surface area contributed by atoms with Gasteiger partial charge in [0.15, 0.2) is 5.13 Å². The fourth-order valence-electron chi connectivity index (χ4n) is 3.18. The molecule has 0 spiro atoms. The van der Waals surface area contributed by atoms with Gasteiger partial charge in [-0.05, 0) is 50.3 Å². The third-order valence-electron chi connectivity index (χ3n) is 4.79. The molecule has 7 nitrogen and oxygen atoms in total. The molecule has 1 saturated heterocycles. The van der Waals surface area contributed by atoms with Crippen molar-refractivity contribution in [1.29, 1.82) is 0 Å². The summed E-state index contributed by atoms with van der Waals surface area (Å²) in [4.78, 5) is 42.3. The molecule has 8 heteroatoms. The summed E-state index contributed by atoms with van der Waals surface area (Å²) in [6.45, 7) is 3.42. The van der Waals surface area contributed by atoms with E-state index in [0.717, 1.165) is 33.5 Å². The number of fused-ring (bicyclic) bond motifs is 1. The fourth-order valence-corrected chi connectivity index (χ4v) is 4.16. The first kappa shape index (κ1) is 16.0. The van der Waals surface area contributed by atoms with Crippen molar-refractivity contribution in [2.24, 2.45) is 5.92 Å². The van der Waals surface area contributed by atoms with Gasteiger partial charge < -0.3 is 10.6 Å². The minimum Gasteiger partial charge on any atom is -0.323 e. The largest absolute Gasteiger partial charge is 0.325 e. The van der Waals surface area contributed by atoms with E-state index in [9.17, 15) is 14.4 Å². The van der Waals surface area contributed by atoms with Gasteiger partial charge in [0.05, 0.1) is 10.2 Å². The zero-order valence-corrected chi connectivity index (χ0v) is 14.8. The zero-order valence-electron chi connectivity index (χ0n) is 14.0. The van der Waals surface area contributed by atoms with Gasteiger partial charge in [0.2, 0.25) is 5.91 Å². The van der Waals surface area contributed by atoms with Crippen LogP contribution in [-0.4, -0.2) is 39.8 Å². The van der Waals surface area contributed by atoms with E-state index in [4.69, 9.17) is 0 Å². The summed E-state index contributed by atoms with van der Waals surface area (Å²) < 4.78 is 0.978. The fraction of sp³-hybridized carbons (Fsp3) is 0.412. The Morgan fingerprint density at radius 2 is 2.20 bits per heavy atom. The Hall–Kier alpha value is -2.48. The topological polar surface area (TPSA) is 91.4 Å². The number of carbonyl (C=O) groups excluding carboxylic acids is 3. The van der Waals surface area contributed by atoms with E-state index >= 15 is 0 Å². The molecule has 1 aromatic heterocycles. The lowest BCUT2D eigenvalue weighted by Gasteiger charge is -2.20. The van der Waals surface area contributed by atoms with Crippen molar-refractivity contribution in [3.8, 4) is 0 Å². The van der Waals surface area contributed by atoms with E-state index in [1.54, 1.807) is 6.92 Å². The number of aryl methyl sites for hydroxylation is 1. The highest BCUT2D eigenvalue weighted by atomic mass is 32.1. The highest BCUT2D eigenvalue weighted by molar-refractivity contribution is 7.22. The Kier molecular flexibility index (Phi) is 3.54. The predicted octanol–water partition coefficient (Wildman–Crippen LogP) is 2.26. The van der Waals surface area contributed by atoms with Gasteiger partial charge in [0.25, 0.3) is 5.91 Å². The van der Waals surface area contributed by atoms with Crippen molar-refractivity contribution in [1.82, 2.24) is 15.2 Å². The van der Waals surface area contributed by atoms with Crippen LogP contribution in [0.5, 0.6) is 0 Å². The van der Waals surface area contributed by atoms with Crippen LogP contribution in [0, 0.1) is 12.8 Å². The van der Waals surface area contributed by atoms with Crippen molar-refractivity contribution in [3.05, 3.63) is 23.8 Å². The number of nitrogens with one attached hydrogen (secondary N) is 2. The summed E-state index contributed by atoms with van der Waals surface area (Å²) in [6.07, 6.45) is 1.85. The lowest BCUT2D eigenvalue weighted by Crippen LogP contribution is -2.46. The van der Waals surface area contributed by atoms with Gasteiger partial charge >= 0.3 is 6.03 Å². The second-order valence-corrected chi connectivity index (χ2v) is 7.87. The molecule has 2 aliphatic rings. The minimum absolute atomic E-state index is 0.171. The molecule has 1 unspecified atom stereocenters. The molecule has 0 bridgehead atoms. The van der Waals surface area contributed by atoms with Crippen molar-refractivity contribution in [3.63, 3.8) is 0 Å². The SMILES string of the molecule is Cc1ccc2nc(NC(=O)CN3C(=O)NC(C)(C4CC4)C3=O)sc2c1. The molecule has 4 rings (SSSR count). The number of hydrogen-bond donors (Lipinski definition) is 2. The normalized spacial score (nSPS) is 23.2. The van der Waals surface area contributed by atoms with E-state index < -0.39 is 17.5 Å². The van der Waals surface area contributed by atoms with Crippen molar-refractivity contribution >= 4 is 44.5 Å². The third kappa shape index (κ3) is 2.76. The Bertz CT molecular complexity index is 904. The number of amides is 4. The highest BCUT2D eigenvalue weighted by Gasteiger charge is 2.56. The average molecular weight is 358 g/mol. The number of thiazole rings is 1. The van der Waals surface area contributed by atoms with Crippen molar-refractivity contribution < 1.29 is 14.4 Å². The summed E-state index contributed by atoms with van der Waals surface area (Å²) in [5.41, 5.74) is 1.06. The number of rotatable bonds is 4. The number of benzene rings is 1. The first-order valence-electron chi connectivity index (χ1n) is 8.18. The second-order valence-electron chi connectivity index (χ2n) is 6.84. The first-order valence-corrected chi connectivity index (χ1v) is 8.99. The maximum Gasteiger partial charge on any atom is 0.325 e. The second kappa shape index (κ2) is 5.52. The van der Waals surface area contributed by atoms with Crippen LogP contribution in [0.3, 0.4) is 0 Å². The number of carbonyl (C=O) groups is 3. The summed E-state index contributed by atoms with van der Waals surface area (Å²) in [7, 11) is 0. The molecule has 1 saturated carbocycles. The molecule has 2 N–H and O–H groups in total. The lowest BCUT2D eigenvalue weighted by molar-refractivity contribution is -0.134. The maximum absolute atomic E-state index is 12.5. The van der Waals surface area contributed by atoms with Gasteiger partial charge in [0, 0.05) is 0 Å². The lowest BCUT2D eigenvalue weighted by atomic mass is 9.96. The molecule has 25 heavy (non-hydrogen) atoms. The Morgan fingerprint density at radius 1 is 1.44 bits per heavy atom. The van der Waals surface area contributed by atoms with E-state index in [1.165, 1.54) is 11.3 Å². The molecule has 2 fully saturated rings. The number of hydrogen-bond acceptors (Lipinski definition) is 5. The van der Waals surface area contributed by atoms with Crippen LogP contribution in [-0.2, 0) is 9.59 Å². The molecule has 2 heterocycles. The van der Waals surface area contributed by atoms with Crippen LogP contribution in [0.4, 0.5) is 9.93 Å². The monoisotopic (exact) mass is 358 g/mol. The van der Waals surface area contributed by atoms with Gasteiger partial charge in [-0.3, -0.25) is 14.5 Å². The molecule has 0 radical (unpaired) electrons. The average Bonchev–Trinajstić information content (AvgIpc) is 3.29. The molecule has 1 aliphatic heterocycles. The quantitative estimate of drug-likeness (QED) is 0.820. The number of aromatic nitrogens is 1. The summed E-state index contributed by atoms with van der Waals surface area (Å²) in [5, 5.41) is 5.88. The van der Waals surface area contributed by atoms with E-state index in [0.29, 0.717) is 5.13 Å². The van der Waals surface area contributed by atoms with Crippen molar-refractivity contribution in [2.75, 3.05) is 11.9 Å². The Morgan fingerprint density at radius 3 is 2.92 bits per heavy atom. The van der Waals surface area contributed by atoms with Crippen LogP contribution >= 0.6 is 11.3 Å². The molecule has 4 amide bonds.